The summed E-state index contributed by atoms with van der Waals surface area (Å²) in [6, 6.07) is 7.58. The number of para-hydroxylation sites is 1. The molecule has 0 aliphatic carbocycles. The second-order valence-electron chi connectivity index (χ2n) is 6.45. The van der Waals surface area contributed by atoms with Crippen LogP contribution in [0.1, 0.15) is 32.0 Å². The number of imidazole rings is 1. The maximum atomic E-state index is 12.1. The smallest absolute Gasteiger partial charge is 0.297 e. The van der Waals surface area contributed by atoms with Gasteiger partial charge in [-0.2, -0.15) is 4.89 Å². The second kappa shape index (κ2) is 5.62. The van der Waals surface area contributed by atoms with Gasteiger partial charge in [0.15, 0.2) is 0 Å². The quantitative estimate of drug-likeness (QED) is 0.549. The van der Waals surface area contributed by atoms with E-state index in [0.717, 1.165) is 22.3 Å². The molecule has 6 heteroatoms. The van der Waals surface area contributed by atoms with Gasteiger partial charge in [-0.05, 0) is 45.4 Å². The summed E-state index contributed by atoms with van der Waals surface area (Å²) in [6.07, 6.45) is 1.83. The van der Waals surface area contributed by atoms with E-state index in [9.17, 15) is 4.79 Å². The van der Waals surface area contributed by atoms with E-state index in [2.05, 4.69) is 9.97 Å². The minimum absolute atomic E-state index is 0.107. The van der Waals surface area contributed by atoms with Crippen molar-refractivity contribution < 1.29 is 14.6 Å². The molecule has 0 bridgehead atoms. The fourth-order valence-electron chi connectivity index (χ4n) is 2.39. The van der Waals surface area contributed by atoms with Gasteiger partial charge >= 0.3 is 5.97 Å². The minimum Gasteiger partial charge on any atom is -0.297 e. The third-order valence-electron chi connectivity index (χ3n) is 3.32. The molecule has 0 amide bonds. The van der Waals surface area contributed by atoms with Crippen molar-refractivity contribution >= 4 is 22.8 Å². The van der Waals surface area contributed by atoms with E-state index in [4.69, 9.17) is 9.78 Å². The van der Waals surface area contributed by atoms with Crippen molar-refractivity contribution in [2.45, 2.75) is 39.7 Å². The summed E-state index contributed by atoms with van der Waals surface area (Å²) >= 11 is 0. The van der Waals surface area contributed by atoms with Crippen LogP contribution in [0.2, 0.25) is 0 Å². The van der Waals surface area contributed by atoms with Gasteiger partial charge < -0.3 is 0 Å². The van der Waals surface area contributed by atoms with E-state index < -0.39 is 11.6 Å². The van der Waals surface area contributed by atoms with E-state index in [-0.39, 0.29) is 6.42 Å². The molecule has 0 aliphatic rings. The Morgan fingerprint density at radius 2 is 2.04 bits per heavy atom. The molecule has 1 aromatic carbocycles. The lowest BCUT2D eigenvalue weighted by Gasteiger charge is -2.16. The average Bonchev–Trinajstić information content (AvgIpc) is 2.85. The molecule has 0 atom stereocenters. The maximum absolute atomic E-state index is 12.1. The molecule has 23 heavy (non-hydrogen) atoms. The summed E-state index contributed by atoms with van der Waals surface area (Å²) in [4.78, 5) is 30.8. The Labute approximate surface area is 134 Å². The van der Waals surface area contributed by atoms with Crippen molar-refractivity contribution in [2.24, 2.45) is 0 Å². The van der Waals surface area contributed by atoms with Crippen molar-refractivity contribution in [3.63, 3.8) is 0 Å². The Kier molecular flexibility index (Phi) is 3.77. The summed E-state index contributed by atoms with van der Waals surface area (Å²) in [6.45, 7) is 7.44. The molecule has 0 aliphatic heterocycles. The van der Waals surface area contributed by atoms with Crippen LogP contribution in [-0.2, 0) is 21.0 Å². The largest absolute Gasteiger partial charge is 0.346 e. The molecule has 120 valence electrons. The van der Waals surface area contributed by atoms with E-state index >= 15 is 0 Å². The van der Waals surface area contributed by atoms with Crippen molar-refractivity contribution in [2.75, 3.05) is 0 Å². The van der Waals surface area contributed by atoms with Crippen LogP contribution in [-0.4, -0.2) is 25.9 Å². The van der Waals surface area contributed by atoms with Gasteiger partial charge in [-0.25, -0.2) is 14.8 Å². The number of carbonyl (C=O) groups excluding carboxylic acids is 1. The normalized spacial score (nSPS) is 12.0. The van der Waals surface area contributed by atoms with Crippen molar-refractivity contribution in [3.8, 4) is 0 Å². The zero-order valence-electron chi connectivity index (χ0n) is 13.7. The molecule has 2 aromatic heterocycles. The molecule has 0 N–H and O–H groups in total. The number of hydrogen-bond donors (Lipinski definition) is 0. The standard InChI is InChI=1S/C17H19N3O3/c1-11-8-9-18-16-19-13-7-5-6-12(15(13)20(11)16)10-14(21)22-23-17(2,3)4/h5-9H,10H2,1-4H3. The molecule has 0 unspecified atom stereocenters. The first-order valence-corrected chi connectivity index (χ1v) is 7.45. The van der Waals surface area contributed by atoms with E-state index in [1.807, 2.05) is 56.4 Å². The van der Waals surface area contributed by atoms with Gasteiger partial charge in [0.2, 0.25) is 5.78 Å². The maximum Gasteiger partial charge on any atom is 0.346 e. The minimum atomic E-state index is -0.536. The van der Waals surface area contributed by atoms with Crippen LogP contribution >= 0.6 is 0 Å². The number of aromatic nitrogens is 3. The van der Waals surface area contributed by atoms with Crippen molar-refractivity contribution in [3.05, 3.63) is 41.7 Å². The van der Waals surface area contributed by atoms with Gasteiger partial charge in [-0.15, -0.1) is 0 Å². The lowest BCUT2D eigenvalue weighted by atomic mass is 10.1. The highest BCUT2D eigenvalue weighted by Crippen LogP contribution is 2.22. The summed E-state index contributed by atoms with van der Waals surface area (Å²) in [5.41, 5.74) is 2.97. The van der Waals surface area contributed by atoms with Crippen LogP contribution < -0.4 is 0 Å². The molecule has 6 nitrogen and oxygen atoms in total. The zero-order chi connectivity index (χ0) is 16.6. The predicted molar refractivity (Wildman–Crippen MR) is 85.9 cm³/mol. The molecular formula is C17H19N3O3. The number of carbonyl (C=O) groups is 1. The number of aryl methyl sites for hydroxylation is 1. The average molecular weight is 313 g/mol. The number of benzene rings is 1. The van der Waals surface area contributed by atoms with Crippen LogP contribution in [0.15, 0.2) is 30.5 Å². The molecule has 0 saturated heterocycles. The zero-order valence-corrected chi connectivity index (χ0v) is 13.7. The molecule has 0 radical (unpaired) electrons. The lowest BCUT2D eigenvalue weighted by molar-refractivity contribution is -0.320. The molecular weight excluding hydrogens is 294 g/mol. The Hall–Kier alpha value is -2.47. The molecule has 0 saturated carbocycles. The first-order chi connectivity index (χ1) is 10.8. The number of rotatable bonds is 3. The van der Waals surface area contributed by atoms with Crippen LogP contribution in [0.3, 0.4) is 0 Å². The summed E-state index contributed by atoms with van der Waals surface area (Å²) in [5.74, 6) is 0.177. The van der Waals surface area contributed by atoms with E-state index in [1.165, 1.54) is 0 Å². The predicted octanol–water partition coefficient (Wildman–Crippen LogP) is 3.01. The van der Waals surface area contributed by atoms with Crippen LogP contribution in [0, 0.1) is 6.92 Å². The van der Waals surface area contributed by atoms with Crippen LogP contribution in [0.25, 0.3) is 16.8 Å². The Balaban J connectivity index is 1.98. The third kappa shape index (κ3) is 3.17. The second-order valence-corrected chi connectivity index (χ2v) is 6.45. The van der Waals surface area contributed by atoms with Gasteiger partial charge in [-0.1, -0.05) is 12.1 Å². The fraction of sp³-hybridized carbons (Fsp3) is 0.353. The Bertz CT molecular complexity index is 878. The number of fused-ring (bicyclic) bond motifs is 3. The van der Waals surface area contributed by atoms with E-state index in [0.29, 0.717) is 5.78 Å². The highest BCUT2D eigenvalue weighted by Gasteiger charge is 2.18. The number of nitrogens with zero attached hydrogens (tertiary/aromatic N) is 3. The van der Waals surface area contributed by atoms with Crippen LogP contribution in [0.4, 0.5) is 0 Å². The molecule has 3 aromatic rings. The summed E-state index contributed by atoms with van der Waals surface area (Å²) in [7, 11) is 0. The van der Waals surface area contributed by atoms with Gasteiger partial charge in [0, 0.05) is 11.9 Å². The first kappa shape index (κ1) is 15.4. The molecule has 0 fully saturated rings. The Morgan fingerprint density at radius 3 is 2.78 bits per heavy atom. The van der Waals surface area contributed by atoms with Gasteiger partial charge in [0.1, 0.15) is 5.60 Å². The lowest BCUT2D eigenvalue weighted by Crippen LogP contribution is -2.22. The summed E-state index contributed by atoms with van der Waals surface area (Å²) in [5, 5.41) is 0. The van der Waals surface area contributed by atoms with Crippen molar-refractivity contribution in [1.29, 1.82) is 0 Å². The molecule has 3 rings (SSSR count). The first-order valence-electron chi connectivity index (χ1n) is 7.45. The Morgan fingerprint density at radius 1 is 1.26 bits per heavy atom. The fourth-order valence-corrected chi connectivity index (χ4v) is 2.39. The highest BCUT2D eigenvalue weighted by atomic mass is 17.2. The van der Waals surface area contributed by atoms with Crippen molar-refractivity contribution in [1.82, 2.24) is 14.4 Å². The topological polar surface area (TPSA) is 65.7 Å². The summed E-state index contributed by atoms with van der Waals surface area (Å²) < 4.78 is 1.95. The SMILES string of the molecule is Cc1ccnc2nc3cccc(CC(=O)OOC(C)(C)C)c3n12. The monoisotopic (exact) mass is 313 g/mol. The van der Waals surface area contributed by atoms with Gasteiger partial charge in [0.25, 0.3) is 0 Å². The molecule has 0 spiro atoms. The van der Waals surface area contributed by atoms with Gasteiger partial charge in [0.05, 0.1) is 17.5 Å². The molecule has 2 heterocycles. The number of hydrogen-bond acceptors (Lipinski definition) is 5. The third-order valence-corrected chi connectivity index (χ3v) is 3.32. The highest BCUT2D eigenvalue weighted by molar-refractivity contribution is 5.86. The van der Waals surface area contributed by atoms with Crippen LogP contribution in [0.5, 0.6) is 0 Å². The van der Waals surface area contributed by atoms with Gasteiger partial charge in [-0.3, -0.25) is 9.29 Å². The van der Waals surface area contributed by atoms with E-state index in [1.54, 1.807) is 6.20 Å².